The molecule has 2 aromatic carbocycles. The maximum absolute atomic E-state index is 13.2. The Morgan fingerprint density at radius 1 is 1.09 bits per heavy atom. The second-order valence-corrected chi connectivity index (χ2v) is 8.35. The van der Waals surface area contributed by atoms with Gasteiger partial charge in [-0.2, -0.15) is 5.10 Å². The molecule has 166 valence electrons. The van der Waals surface area contributed by atoms with Crippen molar-refractivity contribution >= 4 is 23.2 Å². The van der Waals surface area contributed by atoms with Gasteiger partial charge in [-0.05, 0) is 31.2 Å². The summed E-state index contributed by atoms with van der Waals surface area (Å²) in [7, 11) is 0. The smallest absolute Gasteiger partial charge is 0.265 e. The number of anilines is 1. The summed E-state index contributed by atoms with van der Waals surface area (Å²) in [4.78, 5) is 17.1. The molecule has 2 aliphatic rings. The monoisotopic (exact) mass is 452 g/mol. The average molecular weight is 453 g/mol. The standard InChI is InChI=1S/C24H25ClN4O3/c1-17-19(23(25)29(26-17)18-7-3-2-4-8-18)15-28-16-22(24(30)27-11-13-31-14-12-27)32-21-10-6-5-9-20(21)28/h2-10,22H,11-16H2,1H3/t22-/m1/s1. The van der Waals surface area contributed by atoms with Crippen LogP contribution in [0.5, 0.6) is 5.75 Å². The summed E-state index contributed by atoms with van der Waals surface area (Å²) in [6.07, 6.45) is -0.578. The van der Waals surface area contributed by atoms with Crippen molar-refractivity contribution in [3.8, 4) is 11.4 Å². The van der Waals surface area contributed by atoms with Gasteiger partial charge in [0.05, 0.1) is 36.8 Å². The number of para-hydroxylation sites is 3. The fourth-order valence-electron chi connectivity index (χ4n) is 4.21. The Bertz CT molecular complexity index is 1110. The number of aryl methyl sites for hydroxylation is 1. The van der Waals surface area contributed by atoms with Crippen molar-refractivity contribution in [1.29, 1.82) is 0 Å². The number of carbonyl (C=O) groups is 1. The molecule has 32 heavy (non-hydrogen) atoms. The second-order valence-electron chi connectivity index (χ2n) is 7.99. The third-order valence-electron chi connectivity index (χ3n) is 5.93. The highest BCUT2D eigenvalue weighted by atomic mass is 35.5. The fraction of sp³-hybridized carbons (Fsp3) is 0.333. The molecule has 3 aromatic rings. The molecule has 1 aromatic heterocycles. The molecule has 0 unspecified atom stereocenters. The normalized spacial score (nSPS) is 18.2. The Kier molecular flexibility index (Phi) is 5.76. The van der Waals surface area contributed by atoms with E-state index in [-0.39, 0.29) is 5.91 Å². The highest BCUT2D eigenvalue weighted by Crippen LogP contribution is 2.36. The number of hydrogen-bond donors (Lipinski definition) is 0. The van der Waals surface area contributed by atoms with Crippen molar-refractivity contribution in [2.45, 2.75) is 19.6 Å². The summed E-state index contributed by atoms with van der Waals surface area (Å²) in [5.74, 6) is 0.699. The van der Waals surface area contributed by atoms with Gasteiger partial charge >= 0.3 is 0 Å². The molecule has 1 fully saturated rings. The minimum Gasteiger partial charge on any atom is -0.477 e. The van der Waals surface area contributed by atoms with Gasteiger partial charge in [0.15, 0.2) is 6.10 Å². The summed E-state index contributed by atoms with van der Waals surface area (Å²) >= 11 is 6.78. The quantitative estimate of drug-likeness (QED) is 0.606. The Labute approximate surface area is 192 Å². The zero-order valence-corrected chi connectivity index (χ0v) is 18.7. The lowest BCUT2D eigenvalue weighted by atomic mass is 10.1. The van der Waals surface area contributed by atoms with Crippen molar-refractivity contribution < 1.29 is 14.3 Å². The van der Waals surface area contributed by atoms with Crippen LogP contribution in [0.3, 0.4) is 0 Å². The van der Waals surface area contributed by atoms with E-state index in [0.717, 1.165) is 22.6 Å². The molecule has 0 radical (unpaired) electrons. The lowest BCUT2D eigenvalue weighted by Gasteiger charge is -2.38. The number of aromatic nitrogens is 2. The summed E-state index contributed by atoms with van der Waals surface area (Å²) in [5, 5.41) is 5.24. The minimum atomic E-state index is -0.578. The van der Waals surface area contributed by atoms with Gasteiger partial charge in [0, 0.05) is 25.2 Å². The van der Waals surface area contributed by atoms with E-state index in [4.69, 9.17) is 21.1 Å². The van der Waals surface area contributed by atoms with E-state index in [2.05, 4.69) is 10.00 Å². The number of ether oxygens (including phenoxy) is 2. The van der Waals surface area contributed by atoms with Gasteiger partial charge in [-0.25, -0.2) is 4.68 Å². The van der Waals surface area contributed by atoms with Crippen LogP contribution >= 0.6 is 11.6 Å². The number of carbonyl (C=O) groups excluding carboxylic acids is 1. The van der Waals surface area contributed by atoms with E-state index < -0.39 is 6.10 Å². The van der Waals surface area contributed by atoms with Crippen LogP contribution in [0.2, 0.25) is 5.15 Å². The molecule has 0 saturated carbocycles. The van der Waals surface area contributed by atoms with Gasteiger partial charge in [0.25, 0.3) is 5.91 Å². The van der Waals surface area contributed by atoms with E-state index in [0.29, 0.717) is 50.3 Å². The van der Waals surface area contributed by atoms with E-state index in [1.54, 1.807) is 4.68 Å². The lowest BCUT2D eigenvalue weighted by molar-refractivity contribution is -0.142. The number of hydrogen-bond acceptors (Lipinski definition) is 5. The molecule has 7 nitrogen and oxygen atoms in total. The molecule has 0 spiro atoms. The summed E-state index contributed by atoms with van der Waals surface area (Å²) in [5.41, 5.74) is 3.65. The second kappa shape index (κ2) is 8.84. The Morgan fingerprint density at radius 3 is 2.59 bits per heavy atom. The first kappa shape index (κ1) is 20.8. The van der Waals surface area contributed by atoms with Crippen molar-refractivity contribution in [2.24, 2.45) is 0 Å². The minimum absolute atomic E-state index is 0.00407. The maximum Gasteiger partial charge on any atom is 0.265 e. The van der Waals surface area contributed by atoms with E-state index in [9.17, 15) is 4.79 Å². The number of morpholine rings is 1. The Balaban J connectivity index is 1.44. The number of benzene rings is 2. The maximum atomic E-state index is 13.2. The predicted molar refractivity (Wildman–Crippen MR) is 123 cm³/mol. The molecule has 0 aliphatic carbocycles. The summed E-state index contributed by atoms with van der Waals surface area (Å²) in [6, 6.07) is 17.6. The Hall–Kier alpha value is -3.03. The number of fused-ring (bicyclic) bond motifs is 1. The van der Waals surface area contributed by atoms with Crippen LogP contribution in [0, 0.1) is 6.92 Å². The van der Waals surface area contributed by atoms with Crippen LogP contribution in [0.1, 0.15) is 11.3 Å². The van der Waals surface area contributed by atoms with Crippen LogP contribution in [-0.4, -0.2) is 59.5 Å². The van der Waals surface area contributed by atoms with E-state index in [1.165, 1.54) is 0 Å². The molecule has 1 amide bonds. The van der Waals surface area contributed by atoms with E-state index in [1.807, 2.05) is 66.4 Å². The lowest BCUT2D eigenvalue weighted by Crippen LogP contribution is -2.52. The molecule has 1 saturated heterocycles. The molecule has 8 heteroatoms. The first-order valence-electron chi connectivity index (χ1n) is 10.8. The number of nitrogens with zero attached hydrogens (tertiary/aromatic N) is 4. The molecule has 2 aliphatic heterocycles. The van der Waals surface area contributed by atoms with Gasteiger partial charge in [-0.15, -0.1) is 0 Å². The van der Waals surface area contributed by atoms with Crippen LogP contribution in [-0.2, 0) is 16.1 Å². The van der Waals surface area contributed by atoms with Crippen LogP contribution in [0.25, 0.3) is 5.69 Å². The molecule has 3 heterocycles. The van der Waals surface area contributed by atoms with Crippen molar-refractivity contribution in [2.75, 3.05) is 37.7 Å². The zero-order valence-electron chi connectivity index (χ0n) is 17.9. The highest BCUT2D eigenvalue weighted by Gasteiger charge is 2.34. The van der Waals surface area contributed by atoms with Crippen molar-refractivity contribution in [3.63, 3.8) is 0 Å². The fourth-order valence-corrected chi connectivity index (χ4v) is 4.55. The molecule has 0 bridgehead atoms. The molecule has 5 rings (SSSR count). The average Bonchev–Trinajstić information content (AvgIpc) is 3.13. The molecular formula is C24H25ClN4O3. The zero-order chi connectivity index (χ0) is 22.1. The van der Waals surface area contributed by atoms with Gasteiger partial charge in [-0.1, -0.05) is 41.9 Å². The van der Waals surface area contributed by atoms with Crippen LogP contribution < -0.4 is 9.64 Å². The van der Waals surface area contributed by atoms with Crippen molar-refractivity contribution in [1.82, 2.24) is 14.7 Å². The highest BCUT2D eigenvalue weighted by molar-refractivity contribution is 6.30. The van der Waals surface area contributed by atoms with E-state index >= 15 is 0 Å². The van der Waals surface area contributed by atoms with Gasteiger partial charge in [0.1, 0.15) is 10.9 Å². The molecular weight excluding hydrogens is 428 g/mol. The predicted octanol–water partition coefficient (Wildman–Crippen LogP) is 3.46. The third-order valence-corrected chi connectivity index (χ3v) is 6.32. The Morgan fingerprint density at radius 2 is 1.81 bits per heavy atom. The topological polar surface area (TPSA) is 59.8 Å². The van der Waals surface area contributed by atoms with Crippen LogP contribution in [0.15, 0.2) is 54.6 Å². The number of amides is 1. The largest absolute Gasteiger partial charge is 0.477 e. The van der Waals surface area contributed by atoms with Crippen LogP contribution in [0.4, 0.5) is 5.69 Å². The van der Waals surface area contributed by atoms with Gasteiger partial charge < -0.3 is 19.3 Å². The van der Waals surface area contributed by atoms with Crippen molar-refractivity contribution in [3.05, 3.63) is 71.0 Å². The number of halogens is 1. The summed E-state index contributed by atoms with van der Waals surface area (Å²) in [6.45, 7) is 5.25. The third kappa shape index (κ3) is 3.94. The first-order valence-corrected chi connectivity index (χ1v) is 11.2. The van der Waals surface area contributed by atoms with Gasteiger partial charge in [-0.3, -0.25) is 4.79 Å². The number of rotatable bonds is 4. The molecule has 1 atom stereocenters. The van der Waals surface area contributed by atoms with Gasteiger partial charge in [0.2, 0.25) is 0 Å². The summed E-state index contributed by atoms with van der Waals surface area (Å²) < 4.78 is 13.3. The first-order chi connectivity index (χ1) is 15.6. The SMILES string of the molecule is Cc1nn(-c2ccccc2)c(Cl)c1CN1C[C@H](C(=O)N2CCOCC2)Oc2ccccc21. The molecule has 0 N–H and O–H groups in total.